The number of pyridine rings is 1. The van der Waals surface area contributed by atoms with Gasteiger partial charge in [0.15, 0.2) is 5.03 Å². The highest BCUT2D eigenvalue weighted by molar-refractivity contribution is 7.89. The second kappa shape index (κ2) is 4.33. The van der Waals surface area contributed by atoms with Crippen LogP contribution in [0.1, 0.15) is 10.5 Å². The van der Waals surface area contributed by atoms with Gasteiger partial charge in [0.25, 0.3) is 15.9 Å². The molecule has 8 heteroatoms. The number of hydroxylamine groups is 1. The van der Waals surface area contributed by atoms with Crippen molar-refractivity contribution >= 4 is 26.7 Å². The number of hydrogen-bond acceptors (Lipinski definition) is 5. The van der Waals surface area contributed by atoms with Crippen LogP contribution in [0.2, 0.25) is 0 Å². The van der Waals surface area contributed by atoms with Crippen LogP contribution in [0.5, 0.6) is 0 Å². The summed E-state index contributed by atoms with van der Waals surface area (Å²) in [5.74, 6) is -0.911. The third-order valence-electron chi connectivity index (χ3n) is 2.31. The predicted molar refractivity (Wildman–Crippen MR) is 62.4 cm³/mol. The Morgan fingerprint density at radius 2 is 2.00 bits per heavy atom. The maximum atomic E-state index is 11.4. The van der Waals surface area contributed by atoms with Gasteiger partial charge >= 0.3 is 0 Å². The van der Waals surface area contributed by atoms with Crippen molar-refractivity contribution in [3.05, 3.63) is 36.0 Å². The molecule has 0 aliphatic heterocycles. The molecule has 2 aromatic rings. The lowest BCUT2D eigenvalue weighted by Crippen LogP contribution is -2.22. The van der Waals surface area contributed by atoms with Gasteiger partial charge in [0.2, 0.25) is 0 Å². The standard InChI is InChI=1S/C10H9N3O4S/c11-18(16,17)10-7-4-2-1-3-6(7)5-8(12-10)9(14)13-15/h1-5,15H,(H,13,14)(H2,11,16,17). The molecule has 1 aromatic carbocycles. The van der Waals surface area contributed by atoms with Gasteiger partial charge in [-0.2, -0.15) is 0 Å². The van der Waals surface area contributed by atoms with Crippen LogP contribution in [0, 0.1) is 0 Å². The van der Waals surface area contributed by atoms with Gasteiger partial charge < -0.3 is 0 Å². The van der Waals surface area contributed by atoms with Gasteiger partial charge in [-0.3, -0.25) is 10.0 Å². The minimum Gasteiger partial charge on any atom is -0.288 e. The van der Waals surface area contributed by atoms with E-state index in [9.17, 15) is 13.2 Å². The lowest BCUT2D eigenvalue weighted by molar-refractivity contribution is 0.0700. The zero-order valence-corrected chi connectivity index (χ0v) is 9.81. The molecule has 7 nitrogen and oxygen atoms in total. The molecule has 1 heterocycles. The molecule has 0 fully saturated rings. The lowest BCUT2D eigenvalue weighted by Gasteiger charge is -2.06. The maximum Gasteiger partial charge on any atom is 0.293 e. The smallest absolute Gasteiger partial charge is 0.288 e. The summed E-state index contributed by atoms with van der Waals surface area (Å²) in [6.07, 6.45) is 0. The summed E-state index contributed by atoms with van der Waals surface area (Å²) >= 11 is 0. The van der Waals surface area contributed by atoms with Crippen molar-refractivity contribution < 1.29 is 18.4 Å². The zero-order valence-electron chi connectivity index (χ0n) is 8.99. The topological polar surface area (TPSA) is 122 Å². The number of aromatic nitrogens is 1. The van der Waals surface area contributed by atoms with Crippen molar-refractivity contribution in [3.8, 4) is 0 Å². The molecule has 1 aromatic heterocycles. The van der Waals surface area contributed by atoms with Crippen LogP contribution < -0.4 is 10.6 Å². The van der Waals surface area contributed by atoms with E-state index in [0.717, 1.165) is 0 Å². The van der Waals surface area contributed by atoms with Gasteiger partial charge in [0.05, 0.1) is 0 Å². The zero-order chi connectivity index (χ0) is 13.3. The minimum absolute atomic E-state index is 0.236. The number of primary sulfonamides is 1. The van der Waals surface area contributed by atoms with Crippen LogP contribution in [0.25, 0.3) is 10.8 Å². The fraction of sp³-hybridized carbons (Fsp3) is 0. The summed E-state index contributed by atoms with van der Waals surface area (Å²) < 4.78 is 22.9. The van der Waals surface area contributed by atoms with Gasteiger partial charge in [-0.25, -0.2) is 24.0 Å². The number of nitrogens with one attached hydrogen (secondary N) is 1. The predicted octanol–water partition coefficient (Wildman–Crippen LogP) is 0.00120. The van der Waals surface area contributed by atoms with Gasteiger partial charge in [-0.1, -0.05) is 24.3 Å². The maximum absolute atomic E-state index is 11.4. The van der Waals surface area contributed by atoms with Crippen molar-refractivity contribution in [1.82, 2.24) is 10.5 Å². The number of benzene rings is 1. The first kappa shape index (κ1) is 12.4. The highest BCUT2D eigenvalue weighted by Gasteiger charge is 2.18. The van der Waals surface area contributed by atoms with Crippen molar-refractivity contribution in [2.45, 2.75) is 5.03 Å². The first-order chi connectivity index (χ1) is 8.43. The van der Waals surface area contributed by atoms with Crippen LogP contribution in [-0.4, -0.2) is 24.5 Å². The van der Waals surface area contributed by atoms with E-state index in [2.05, 4.69) is 4.98 Å². The molecule has 0 saturated carbocycles. The van der Waals surface area contributed by atoms with Gasteiger partial charge in [0.1, 0.15) is 5.69 Å². The Balaban J connectivity index is 2.85. The summed E-state index contributed by atoms with van der Waals surface area (Å²) in [7, 11) is -4.07. The van der Waals surface area contributed by atoms with Gasteiger partial charge in [-0.05, 0) is 11.5 Å². The third kappa shape index (κ3) is 2.16. The summed E-state index contributed by atoms with van der Waals surface area (Å²) in [4.78, 5) is 14.9. The van der Waals surface area contributed by atoms with E-state index in [1.54, 1.807) is 18.2 Å². The van der Waals surface area contributed by atoms with E-state index < -0.39 is 21.0 Å². The van der Waals surface area contributed by atoms with E-state index in [1.807, 2.05) is 0 Å². The Kier molecular flexibility index (Phi) is 2.99. The number of rotatable bonds is 2. The molecule has 1 amide bonds. The van der Waals surface area contributed by atoms with Crippen LogP contribution >= 0.6 is 0 Å². The molecule has 0 unspecified atom stereocenters. The second-order valence-corrected chi connectivity index (χ2v) is 5.00. The first-order valence-corrected chi connectivity index (χ1v) is 6.35. The number of fused-ring (bicyclic) bond motifs is 1. The number of nitrogens with two attached hydrogens (primary N) is 1. The first-order valence-electron chi connectivity index (χ1n) is 4.80. The van der Waals surface area contributed by atoms with Crippen molar-refractivity contribution in [3.63, 3.8) is 0 Å². The fourth-order valence-corrected chi connectivity index (χ4v) is 2.28. The molecule has 0 aliphatic rings. The Bertz CT molecular complexity index is 727. The van der Waals surface area contributed by atoms with E-state index >= 15 is 0 Å². The van der Waals surface area contributed by atoms with Gasteiger partial charge in [0, 0.05) is 5.39 Å². The summed E-state index contributed by atoms with van der Waals surface area (Å²) in [6.45, 7) is 0. The summed E-state index contributed by atoms with van der Waals surface area (Å²) in [6, 6.07) is 7.80. The largest absolute Gasteiger partial charge is 0.293 e. The molecule has 18 heavy (non-hydrogen) atoms. The number of carbonyl (C=O) groups is 1. The number of sulfonamides is 1. The summed E-state index contributed by atoms with van der Waals surface area (Å²) in [5.41, 5.74) is 1.15. The third-order valence-corrected chi connectivity index (χ3v) is 3.16. The Morgan fingerprint density at radius 3 is 2.61 bits per heavy atom. The normalized spacial score (nSPS) is 11.4. The number of hydrogen-bond donors (Lipinski definition) is 3. The average molecular weight is 267 g/mol. The van der Waals surface area contributed by atoms with E-state index in [0.29, 0.717) is 10.8 Å². The number of carbonyl (C=O) groups excluding carboxylic acids is 1. The Morgan fingerprint density at radius 1 is 1.33 bits per heavy atom. The molecular weight excluding hydrogens is 258 g/mol. The minimum atomic E-state index is -4.07. The van der Waals surface area contributed by atoms with Crippen molar-refractivity contribution in [1.29, 1.82) is 0 Å². The number of nitrogens with zero attached hydrogens (tertiary/aromatic N) is 1. The lowest BCUT2D eigenvalue weighted by atomic mass is 10.1. The molecule has 0 radical (unpaired) electrons. The van der Waals surface area contributed by atoms with Crippen LogP contribution in [0.3, 0.4) is 0 Å². The fourth-order valence-electron chi connectivity index (χ4n) is 1.56. The SMILES string of the molecule is NS(=O)(=O)c1nc(C(=O)NO)cc2ccccc12. The second-order valence-electron chi connectivity index (χ2n) is 3.52. The molecule has 0 spiro atoms. The van der Waals surface area contributed by atoms with Crippen molar-refractivity contribution in [2.75, 3.05) is 0 Å². The monoisotopic (exact) mass is 267 g/mol. The van der Waals surface area contributed by atoms with Crippen LogP contribution in [-0.2, 0) is 10.0 Å². The van der Waals surface area contributed by atoms with E-state index in [1.165, 1.54) is 17.6 Å². The molecule has 0 atom stereocenters. The molecular formula is C10H9N3O4S. The van der Waals surface area contributed by atoms with Gasteiger partial charge in [-0.15, -0.1) is 0 Å². The highest BCUT2D eigenvalue weighted by atomic mass is 32.2. The molecule has 0 saturated heterocycles. The van der Waals surface area contributed by atoms with E-state index in [4.69, 9.17) is 10.3 Å². The quantitative estimate of drug-likeness (QED) is 0.522. The Labute approximate surface area is 102 Å². The van der Waals surface area contributed by atoms with Crippen LogP contribution in [0.15, 0.2) is 35.4 Å². The molecule has 4 N–H and O–H groups in total. The molecule has 0 aliphatic carbocycles. The molecule has 2 rings (SSSR count). The number of amides is 1. The van der Waals surface area contributed by atoms with E-state index in [-0.39, 0.29) is 5.69 Å². The van der Waals surface area contributed by atoms with Crippen LogP contribution in [0.4, 0.5) is 0 Å². The Hall–Kier alpha value is -2.03. The highest BCUT2D eigenvalue weighted by Crippen LogP contribution is 2.21. The summed E-state index contributed by atoms with van der Waals surface area (Å²) in [5, 5.41) is 14.0. The molecule has 0 bridgehead atoms. The average Bonchev–Trinajstić information content (AvgIpc) is 2.35. The van der Waals surface area contributed by atoms with Crippen molar-refractivity contribution in [2.24, 2.45) is 5.14 Å². The molecule has 94 valence electrons.